The highest BCUT2D eigenvalue weighted by molar-refractivity contribution is 5.89. The lowest BCUT2D eigenvalue weighted by Crippen LogP contribution is -2.50. The molecule has 0 unspecified atom stereocenters. The fourth-order valence-electron chi connectivity index (χ4n) is 3.59. The smallest absolute Gasteiger partial charge is 0.321 e. The molecule has 1 N–H and O–H groups in total. The number of nitrogens with one attached hydrogen (secondary N) is 1. The van der Waals surface area contributed by atoms with Gasteiger partial charge in [-0.15, -0.1) is 0 Å². The van der Waals surface area contributed by atoms with Crippen LogP contribution in [0.25, 0.3) is 11.2 Å². The minimum atomic E-state index is -0.0239. The first-order valence-corrected chi connectivity index (χ1v) is 9.73. The minimum Gasteiger partial charge on any atom is -0.322 e. The first kappa shape index (κ1) is 18.4. The summed E-state index contributed by atoms with van der Waals surface area (Å²) in [5, 5.41) is 2.98. The molecule has 0 spiro atoms. The van der Waals surface area contributed by atoms with E-state index < -0.39 is 0 Å². The lowest BCUT2D eigenvalue weighted by Gasteiger charge is -2.34. The Kier molecular flexibility index (Phi) is 5.25. The lowest BCUT2D eigenvalue weighted by molar-refractivity contribution is 0.144. The average Bonchev–Trinajstić information content (AvgIpc) is 3.03. The first-order chi connectivity index (χ1) is 13.6. The van der Waals surface area contributed by atoms with Gasteiger partial charge in [-0.05, 0) is 38.1 Å². The Bertz CT molecular complexity index is 957. The van der Waals surface area contributed by atoms with E-state index in [2.05, 4.69) is 24.8 Å². The molecule has 146 valence electrons. The van der Waals surface area contributed by atoms with Crippen LogP contribution in [0.2, 0.25) is 0 Å². The van der Waals surface area contributed by atoms with Gasteiger partial charge in [0.1, 0.15) is 11.3 Å². The van der Waals surface area contributed by atoms with Crippen LogP contribution in [0.3, 0.4) is 0 Å². The Balaban J connectivity index is 1.28. The SMILES string of the molecule is Cc1ccc(NC(=O)N2CCN(CCn3c(C)nc4cccnc43)CC2)cc1. The highest BCUT2D eigenvalue weighted by atomic mass is 16.2. The maximum Gasteiger partial charge on any atom is 0.321 e. The molecule has 1 saturated heterocycles. The van der Waals surface area contributed by atoms with E-state index in [1.807, 2.05) is 61.3 Å². The van der Waals surface area contributed by atoms with Crippen LogP contribution in [0.1, 0.15) is 11.4 Å². The third kappa shape index (κ3) is 3.99. The molecule has 7 nitrogen and oxygen atoms in total. The van der Waals surface area contributed by atoms with Crippen LogP contribution in [-0.4, -0.2) is 63.1 Å². The van der Waals surface area contributed by atoms with Crippen molar-refractivity contribution in [3.63, 3.8) is 0 Å². The molecule has 0 aliphatic carbocycles. The molecule has 4 rings (SSSR count). The number of hydrogen-bond donors (Lipinski definition) is 1. The lowest BCUT2D eigenvalue weighted by atomic mass is 10.2. The Labute approximate surface area is 165 Å². The number of benzene rings is 1. The zero-order valence-corrected chi connectivity index (χ0v) is 16.4. The van der Waals surface area contributed by atoms with Crippen LogP contribution in [0, 0.1) is 13.8 Å². The summed E-state index contributed by atoms with van der Waals surface area (Å²) in [6.07, 6.45) is 1.81. The van der Waals surface area contributed by atoms with Gasteiger partial charge in [0.15, 0.2) is 5.65 Å². The molecule has 1 aliphatic rings. The molecule has 0 bridgehead atoms. The number of piperazine rings is 1. The van der Waals surface area contributed by atoms with E-state index >= 15 is 0 Å². The third-order valence-corrected chi connectivity index (χ3v) is 5.30. The Morgan fingerprint density at radius 3 is 2.54 bits per heavy atom. The van der Waals surface area contributed by atoms with Gasteiger partial charge in [0.05, 0.1) is 0 Å². The molecule has 7 heteroatoms. The first-order valence-electron chi connectivity index (χ1n) is 9.73. The van der Waals surface area contributed by atoms with Crippen molar-refractivity contribution in [2.45, 2.75) is 20.4 Å². The summed E-state index contributed by atoms with van der Waals surface area (Å²) < 4.78 is 2.17. The van der Waals surface area contributed by atoms with Crippen molar-refractivity contribution in [3.8, 4) is 0 Å². The van der Waals surface area contributed by atoms with Crippen molar-refractivity contribution in [1.82, 2.24) is 24.3 Å². The van der Waals surface area contributed by atoms with Crippen LogP contribution >= 0.6 is 0 Å². The standard InChI is InChI=1S/C21H26N6O/c1-16-5-7-18(8-6-16)24-21(28)26-13-10-25(11-14-26)12-15-27-17(2)23-19-4-3-9-22-20(19)27/h3-9H,10-15H2,1-2H3,(H,24,28). The number of rotatable bonds is 4. The molecule has 0 atom stereocenters. The van der Waals surface area contributed by atoms with Crippen molar-refractivity contribution in [1.29, 1.82) is 0 Å². The molecular weight excluding hydrogens is 352 g/mol. The summed E-state index contributed by atoms with van der Waals surface area (Å²) in [7, 11) is 0. The number of nitrogens with zero attached hydrogens (tertiary/aromatic N) is 5. The van der Waals surface area contributed by atoms with Crippen LogP contribution in [0.4, 0.5) is 10.5 Å². The summed E-state index contributed by atoms with van der Waals surface area (Å²) in [6.45, 7) is 9.06. The summed E-state index contributed by atoms with van der Waals surface area (Å²) in [4.78, 5) is 25.8. The maximum atomic E-state index is 12.5. The molecule has 3 aromatic rings. The number of hydrogen-bond acceptors (Lipinski definition) is 4. The van der Waals surface area contributed by atoms with E-state index in [0.29, 0.717) is 0 Å². The number of carbonyl (C=O) groups is 1. The Morgan fingerprint density at radius 1 is 1.04 bits per heavy atom. The van der Waals surface area contributed by atoms with Crippen LogP contribution in [-0.2, 0) is 6.54 Å². The Hall–Kier alpha value is -2.93. The predicted molar refractivity (Wildman–Crippen MR) is 110 cm³/mol. The molecule has 3 heterocycles. The van der Waals surface area contributed by atoms with Gasteiger partial charge in [-0.1, -0.05) is 17.7 Å². The second kappa shape index (κ2) is 7.98. The maximum absolute atomic E-state index is 12.5. The molecule has 1 fully saturated rings. The molecular formula is C21H26N6O. The van der Waals surface area contributed by atoms with E-state index in [1.165, 1.54) is 5.56 Å². The second-order valence-electron chi connectivity index (χ2n) is 7.28. The van der Waals surface area contributed by atoms with Crippen molar-refractivity contribution >= 4 is 22.9 Å². The van der Waals surface area contributed by atoms with E-state index in [9.17, 15) is 4.79 Å². The summed E-state index contributed by atoms with van der Waals surface area (Å²) in [6, 6.07) is 11.8. The molecule has 2 aromatic heterocycles. The highest BCUT2D eigenvalue weighted by Crippen LogP contribution is 2.14. The van der Waals surface area contributed by atoms with Gasteiger partial charge in [0.25, 0.3) is 0 Å². The van der Waals surface area contributed by atoms with Crippen molar-refractivity contribution < 1.29 is 4.79 Å². The molecule has 0 radical (unpaired) electrons. The number of fused-ring (bicyclic) bond motifs is 1. The van der Waals surface area contributed by atoms with Crippen LogP contribution in [0.5, 0.6) is 0 Å². The van der Waals surface area contributed by atoms with Gasteiger partial charge in [0.2, 0.25) is 0 Å². The fraction of sp³-hybridized carbons (Fsp3) is 0.381. The molecule has 1 aromatic carbocycles. The quantitative estimate of drug-likeness (QED) is 0.758. The summed E-state index contributed by atoms with van der Waals surface area (Å²) in [5.41, 5.74) is 3.91. The minimum absolute atomic E-state index is 0.0239. The average molecular weight is 378 g/mol. The fourth-order valence-corrected chi connectivity index (χ4v) is 3.59. The number of amides is 2. The van der Waals surface area contributed by atoms with Crippen LogP contribution in [0.15, 0.2) is 42.6 Å². The number of aromatic nitrogens is 3. The summed E-state index contributed by atoms with van der Waals surface area (Å²) in [5.74, 6) is 0.991. The van der Waals surface area contributed by atoms with Crippen molar-refractivity contribution in [2.75, 3.05) is 38.0 Å². The number of imidazole rings is 1. The molecule has 1 aliphatic heterocycles. The molecule has 2 amide bonds. The van der Waals surface area contributed by atoms with Gasteiger partial charge < -0.3 is 14.8 Å². The molecule has 28 heavy (non-hydrogen) atoms. The summed E-state index contributed by atoms with van der Waals surface area (Å²) >= 11 is 0. The zero-order chi connectivity index (χ0) is 19.5. The Morgan fingerprint density at radius 2 is 1.79 bits per heavy atom. The van der Waals surface area contributed by atoms with Crippen molar-refractivity contribution in [3.05, 3.63) is 54.0 Å². The normalized spacial score (nSPS) is 15.1. The monoisotopic (exact) mass is 378 g/mol. The second-order valence-corrected chi connectivity index (χ2v) is 7.28. The van der Waals surface area contributed by atoms with Gasteiger partial charge in [-0.3, -0.25) is 4.90 Å². The van der Waals surface area contributed by atoms with Gasteiger partial charge >= 0.3 is 6.03 Å². The van der Waals surface area contributed by atoms with E-state index in [4.69, 9.17) is 0 Å². The van der Waals surface area contributed by atoms with E-state index in [1.54, 1.807) is 0 Å². The van der Waals surface area contributed by atoms with Crippen LogP contribution < -0.4 is 5.32 Å². The largest absolute Gasteiger partial charge is 0.322 e. The van der Waals surface area contributed by atoms with Crippen molar-refractivity contribution in [2.24, 2.45) is 0 Å². The van der Waals surface area contributed by atoms with Gasteiger partial charge in [-0.25, -0.2) is 14.8 Å². The van der Waals surface area contributed by atoms with Gasteiger partial charge in [-0.2, -0.15) is 0 Å². The van der Waals surface area contributed by atoms with Gasteiger partial charge in [0, 0.05) is 51.2 Å². The number of carbonyl (C=O) groups excluding carboxylic acids is 1. The highest BCUT2D eigenvalue weighted by Gasteiger charge is 2.21. The number of aryl methyl sites for hydroxylation is 2. The topological polar surface area (TPSA) is 66.3 Å². The number of pyridine rings is 1. The van der Waals surface area contributed by atoms with E-state index in [-0.39, 0.29) is 6.03 Å². The number of anilines is 1. The predicted octanol–water partition coefficient (Wildman–Crippen LogP) is 2.90. The third-order valence-electron chi connectivity index (χ3n) is 5.30. The zero-order valence-electron chi connectivity index (χ0n) is 16.4. The van der Waals surface area contributed by atoms with E-state index in [0.717, 1.165) is 61.9 Å². The number of urea groups is 1. The molecule has 0 saturated carbocycles.